The van der Waals surface area contributed by atoms with Crippen molar-refractivity contribution < 1.29 is 4.79 Å². The van der Waals surface area contributed by atoms with Crippen molar-refractivity contribution in [3.05, 3.63) is 60.2 Å². The minimum Gasteiger partial charge on any atom is -0.276 e. The van der Waals surface area contributed by atoms with Gasteiger partial charge in [0.2, 0.25) is 0 Å². The Labute approximate surface area is 104 Å². The summed E-state index contributed by atoms with van der Waals surface area (Å²) >= 11 is 5.59. The molecule has 17 heavy (non-hydrogen) atoms. The largest absolute Gasteiger partial charge is 0.276 e. The zero-order valence-corrected chi connectivity index (χ0v) is 9.74. The van der Waals surface area contributed by atoms with Gasteiger partial charge in [-0.05, 0) is 39.2 Å². The van der Waals surface area contributed by atoms with E-state index in [0.29, 0.717) is 5.56 Å². The SMILES string of the molecule is O=C(Cl)c1cccc2c1ccc1ccccc12. The minimum atomic E-state index is -0.411. The van der Waals surface area contributed by atoms with Gasteiger partial charge in [0.25, 0.3) is 5.24 Å². The monoisotopic (exact) mass is 240 g/mol. The van der Waals surface area contributed by atoms with Gasteiger partial charge in [-0.2, -0.15) is 0 Å². The van der Waals surface area contributed by atoms with Gasteiger partial charge in [-0.15, -0.1) is 0 Å². The molecule has 0 amide bonds. The van der Waals surface area contributed by atoms with Gasteiger partial charge in [0, 0.05) is 5.56 Å². The van der Waals surface area contributed by atoms with Crippen LogP contribution < -0.4 is 0 Å². The van der Waals surface area contributed by atoms with E-state index < -0.39 is 5.24 Å². The second-order valence-electron chi connectivity index (χ2n) is 3.96. The summed E-state index contributed by atoms with van der Waals surface area (Å²) in [6.07, 6.45) is 0. The van der Waals surface area contributed by atoms with Crippen LogP contribution in [0.2, 0.25) is 0 Å². The minimum absolute atomic E-state index is 0.411. The molecular formula is C15H9ClO. The molecule has 3 rings (SSSR count). The van der Waals surface area contributed by atoms with Crippen molar-refractivity contribution in [1.29, 1.82) is 0 Å². The lowest BCUT2D eigenvalue weighted by Gasteiger charge is -2.06. The summed E-state index contributed by atoms with van der Waals surface area (Å²) in [6.45, 7) is 0. The molecule has 0 saturated heterocycles. The number of halogens is 1. The number of hydrogen-bond donors (Lipinski definition) is 0. The van der Waals surface area contributed by atoms with Crippen LogP contribution in [0, 0.1) is 0 Å². The summed E-state index contributed by atoms with van der Waals surface area (Å²) in [5, 5.41) is 3.87. The number of benzene rings is 3. The van der Waals surface area contributed by atoms with E-state index in [4.69, 9.17) is 11.6 Å². The van der Waals surface area contributed by atoms with Gasteiger partial charge in [0.05, 0.1) is 0 Å². The van der Waals surface area contributed by atoms with Gasteiger partial charge in [0.1, 0.15) is 0 Å². The highest BCUT2D eigenvalue weighted by atomic mass is 35.5. The normalized spacial score (nSPS) is 10.9. The zero-order valence-electron chi connectivity index (χ0n) is 8.98. The first-order chi connectivity index (χ1) is 8.27. The fourth-order valence-electron chi connectivity index (χ4n) is 2.21. The highest BCUT2D eigenvalue weighted by Gasteiger charge is 2.08. The smallest absolute Gasteiger partial charge is 0.253 e. The van der Waals surface area contributed by atoms with E-state index >= 15 is 0 Å². The highest BCUT2D eigenvalue weighted by Crippen LogP contribution is 2.28. The maximum Gasteiger partial charge on any atom is 0.253 e. The topological polar surface area (TPSA) is 17.1 Å². The van der Waals surface area contributed by atoms with Crippen molar-refractivity contribution in [2.24, 2.45) is 0 Å². The van der Waals surface area contributed by atoms with Crippen molar-refractivity contribution in [2.45, 2.75) is 0 Å². The Hall–Kier alpha value is -1.86. The average Bonchev–Trinajstić information content (AvgIpc) is 2.37. The van der Waals surface area contributed by atoms with Gasteiger partial charge in [-0.25, -0.2) is 0 Å². The number of rotatable bonds is 1. The van der Waals surface area contributed by atoms with E-state index in [1.165, 1.54) is 5.39 Å². The molecule has 0 unspecified atom stereocenters. The van der Waals surface area contributed by atoms with Gasteiger partial charge in [-0.3, -0.25) is 4.79 Å². The van der Waals surface area contributed by atoms with Crippen molar-refractivity contribution >= 4 is 38.4 Å². The zero-order chi connectivity index (χ0) is 11.8. The summed E-state index contributed by atoms with van der Waals surface area (Å²) in [5.41, 5.74) is 0.565. The van der Waals surface area contributed by atoms with Crippen LogP contribution in [0.1, 0.15) is 10.4 Å². The number of carbonyl (C=O) groups excluding carboxylic acids is 1. The highest BCUT2D eigenvalue weighted by molar-refractivity contribution is 6.68. The number of fused-ring (bicyclic) bond motifs is 3. The van der Waals surface area contributed by atoms with E-state index in [0.717, 1.165) is 16.2 Å². The van der Waals surface area contributed by atoms with E-state index in [1.54, 1.807) is 6.07 Å². The van der Waals surface area contributed by atoms with Crippen molar-refractivity contribution in [3.8, 4) is 0 Å². The molecule has 0 bridgehead atoms. The Morgan fingerprint density at radius 3 is 2.35 bits per heavy atom. The molecule has 0 aliphatic carbocycles. The second-order valence-corrected chi connectivity index (χ2v) is 4.30. The second kappa shape index (κ2) is 3.86. The Balaban J connectivity index is 2.52. The molecular weight excluding hydrogens is 232 g/mol. The molecule has 3 aromatic rings. The summed E-state index contributed by atoms with van der Waals surface area (Å²) in [7, 11) is 0. The third-order valence-electron chi connectivity index (χ3n) is 3.00. The summed E-state index contributed by atoms with van der Waals surface area (Å²) in [5.74, 6) is 0. The maximum absolute atomic E-state index is 11.4. The van der Waals surface area contributed by atoms with Gasteiger partial charge in [-0.1, -0.05) is 48.5 Å². The molecule has 0 spiro atoms. The summed E-state index contributed by atoms with van der Waals surface area (Å²) < 4.78 is 0. The quantitative estimate of drug-likeness (QED) is 0.456. The molecule has 0 N–H and O–H groups in total. The molecule has 3 aromatic carbocycles. The van der Waals surface area contributed by atoms with Crippen LogP contribution in [0.5, 0.6) is 0 Å². The maximum atomic E-state index is 11.4. The number of hydrogen-bond acceptors (Lipinski definition) is 1. The van der Waals surface area contributed by atoms with E-state index in [2.05, 4.69) is 12.1 Å². The third kappa shape index (κ3) is 1.60. The van der Waals surface area contributed by atoms with Crippen molar-refractivity contribution in [3.63, 3.8) is 0 Å². The van der Waals surface area contributed by atoms with Crippen LogP contribution in [-0.4, -0.2) is 5.24 Å². The lowest BCUT2D eigenvalue weighted by atomic mass is 9.99. The molecule has 0 atom stereocenters. The number of carbonyl (C=O) groups is 1. The van der Waals surface area contributed by atoms with Crippen molar-refractivity contribution in [1.82, 2.24) is 0 Å². The molecule has 0 aliphatic rings. The third-order valence-corrected chi connectivity index (χ3v) is 3.20. The van der Waals surface area contributed by atoms with E-state index in [-0.39, 0.29) is 0 Å². The summed E-state index contributed by atoms with van der Waals surface area (Å²) in [6, 6.07) is 17.7. The molecule has 0 radical (unpaired) electrons. The average molecular weight is 241 g/mol. The lowest BCUT2D eigenvalue weighted by molar-refractivity contribution is 0.108. The molecule has 1 nitrogen and oxygen atoms in total. The Morgan fingerprint density at radius 2 is 1.53 bits per heavy atom. The predicted molar refractivity (Wildman–Crippen MR) is 71.6 cm³/mol. The first-order valence-corrected chi connectivity index (χ1v) is 5.75. The molecule has 0 heterocycles. The fraction of sp³-hybridized carbons (Fsp3) is 0. The first kappa shape index (κ1) is 10.3. The molecule has 0 fully saturated rings. The first-order valence-electron chi connectivity index (χ1n) is 5.38. The van der Waals surface area contributed by atoms with Crippen LogP contribution in [-0.2, 0) is 0 Å². The fourth-order valence-corrected chi connectivity index (χ4v) is 2.38. The molecule has 2 heteroatoms. The van der Waals surface area contributed by atoms with Crippen LogP contribution >= 0.6 is 11.6 Å². The van der Waals surface area contributed by atoms with Gasteiger partial charge in [0.15, 0.2) is 0 Å². The van der Waals surface area contributed by atoms with Crippen LogP contribution in [0.15, 0.2) is 54.6 Å². The summed E-state index contributed by atoms with van der Waals surface area (Å²) in [4.78, 5) is 11.4. The molecule has 0 saturated carbocycles. The molecule has 0 aromatic heterocycles. The predicted octanol–water partition coefficient (Wildman–Crippen LogP) is 4.37. The Kier molecular flexibility index (Phi) is 2.34. The van der Waals surface area contributed by atoms with Crippen molar-refractivity contribution in [2.75, 3.05) is 0 Å². The van der Waals surface area contributed by atoms with Crippen LogP contribution in [0.25, 0.3) is 21.5 Å². The Morgan fingerprint density at radius 1 is 0.765 bits per heavy atom. The van der Waals surface area contributed by atoms with E-state index in [1.807, 2.05) is 36.4 Å². The van der Waals surface area contributed by atoms with Crippen LogP contribution in [0.3, 0.4) is 0 Å². The van der Waals surface area contributed by atoms with Gasteiger partial charge < -0.3 is 0 Å². The molecule has 82 valence electrons. The standard InChI is InChI=1S/C15H9ClO/c16-15(17)14-7-3-6-12-11-5-2-1-4-10(11)8-9-13(12)14/h1-9H. The lowest BCUT2D eigenvalue weighted by Crippen LogP contribution is -1.90. The van der Waals surface area contributed by atoms with E-state index in [9.17, 15) is 4.79 Å². The molecule has 0 aliphatic heterocycles. The van der Waals surface area contributed by atoms with Crippen LogP contribution in [0.4, 0.5) is 0 Å². The Bertz CT molecular complexity index is 731. The van der Waals surface area contributed by atoms with Gasteiger partial charge >= 0.3 is 0 Å².